The molecule has 76 valence electrons. The zero-order valence-corrected chi connectivity index (χ0v) is 8.88. The number of carbonyl (C=O) groups excluding carboxylic acids is 1. The number of likely N-dealkylation sites (N-methyl/N-ethyl adjacent to an activating group) is 1. The highest BCUT2D eigenvalue weighted by atomic mass is 16.5. The first-order valence-corrected chi connectivity index (χ1v) is 4.97. The molecule has 1 rings (SSSR count). The zero-order valence-electron chi connectivity index (χ0n) is 8.88. The van der Waals surface area contributed by atoms with Crippen molar-refractivity contribution in [3.05, 3.63) is 0 Å². The van der Waals surface area contributed by atoms with E-state index in [1.54, 1.807) is 0 Å². The van der Waals surface area contributed by atoms with Crippen LogP contribution in [0.25, 0.3) is 0 Å². The maximum Gasteiger partial charge on any atom is 0.189 e. The van der Waals surface area contributed by atoms with Gasteiger partial charge in [0.15, 0.2) is 5.78 Å². The summed E-state index contributed by atoms with van der Waals surface area (Å²) in [5.41, 5.74) is 0. The van der Waals surface area contributed by atoms with E-state index in [1.165, 1.54) is 0 Å². The van der Waals surface area contributed by atoms with Gasteiger partial charge in [0.2, 0.25) is 0 Å². The molecular formula is C10H20NO2+. The number of carbonyl (C=O) groups is 1. The third-order valence-electron chi connectivity index (χ3n) is 2.73. The summed E-state index contributed by atoms with van der Waals surface area (Å²) >= 11 is 0. The fourth-order valence-electron chi connectivity index (χ4n) is 1.50. The molecule has 0 aliphatic carbocycles. The van der Waals surface area contributed by atoms with Crippen molar-refractivity contribution in [3.63, 3.8) is 0 Å². The van der Waals surface area contributed by atoms with Crippen LogP contribution in [-0.2, 0) is 9.53 Å². The molecule has 0 unspecified atom stereocenters. The van der Waals surface area contributed by atoms with Gasteiger partial charge >= 0.3 is 0 Å². The maximum absolute atomic E-state index is 11.6. The molecule has 3 nitrogen and oxygen atoms in total. The van der Waals surface area contributed by atoms with Crippen LogP contribution in [0.1, 0.15) is 13.8 Å². The standard InChI is InChI=1S/C10H20NO2/c1-9(2)10(12)8-11(3)4-6-13-7-5-11/h9H,4-8H2,1-3H3/q+1. The number of nitrogens with zero attached hydrogens (tertiary/aromatic N) is 1. The molecule has 1 aliphatic heterocycles. The predicted molar refractivity (Wildman–Crippen MR) is 51.4 cm³/mol. The van der Waals surface area contributed by atoms with Crippen LogP contribution in [0.5, 0.6) is 0 Å². The Labute approximate surface area is 80.3 Å². The Balaban J connectivity index is 2.45. The molecule has 0 spiro atoms. The highest BCUT2D eigenvalue weighted by Crippen LogP contribution is 2.09. The van der Waals surface area contributed by atoms with Crippen molar-refractivity contribution in [3.8, 4) is 0 Å². The topological polar surface area (TPSA) is 26.3 Å². The molecule has 1 saturated heterocycles. The van der Waals surface area contributed by atoms with Crippen LogP contribution >= 0.6 is 0 Å². The Hall–Kier alpha value is -0.410. The molecule has 0 aromatic carbocycles. The molecular weight excluding hydrogens is 166 g/mol. The monoisotopic (exact) mass is 186 g/mol. The molecule has 0 atom stereocenters. The number of rotatable bonds is 3. The van der Waals surface area contributed by atoms with Crippen LogP contribution in [0.2, 0.25) is 0 Å². The lowest BCUT2D eigenvalue weighted by Gasteiger charge is -2.37. The minimum absolute atomic E-state index is 0.165. The van der Waals surface area contributed by atoms with Crippen LogP contribution in [0.4, 0.5) is 0 Å². The minimum atomic E-state index is 0.165. The summed E-state index contributed by atoms with van der Waals surface area (Å²) in [4.78, 5) is 11.6. The van der Waals surface area contributed by atoms with E-state index in [2.05, 4.69) is 7.05 Å². The van der Waals surface area contributed by atoms with Crippen molar-refractivity contribution in [1.82, 2.24) is 0 Å². The van der Waals surface area contributed by atoms with E-state index < -0.39 is 0 Å². The van der Waals surface area contributed by atoms with Crippen LogP contribution in [0.15, 0.2) is 0 Å². The molecule has 0 radical (unpaired) electrons. The lowest BCUT2D eigenvalue weighted by molar-refractivity contribution is -0.909. The van der Waals surface area contributed by atoms with Crippen molar-refractivity contribution < 1.29 is 14.0 Å². The van der Waals surface area contributed by atoms with Gasteiger partial charge in [0, 0.05) is 5.92 Å². The van der Waals surface area contributed by atoms with E-state index in [4.69, 9.17) is 4.74 Å². The summed E-state index contributed by atoms with van der Waals surface area (Å²) in [6.45, 7) is 8.13. The van der Waals surface area contributed by atoms with E-state index in [-0.39, 0.29) is 5.92 Å². The number of hydrogen-bond donors (Lipinski definition) is 0. The highest BCUT2D eigenvalue weighted by molar-refractivity contribution is 5.81. The third kappa shape index (κ3) is 3.08. The first-order chi connectivity index (χ1) is 6.03. The number of hydrogen-bond acceptors (Lipinski definition) is 2. The van der Waals surface area contributed by atoms with Crippen molar-refractivity contribution >= 4 is 5.78 Å². The molecule has 0 aromatic heterocycles. The van der Waals surface area contributed by atoms with Crippen molar-refractivity contribution in [2.75, 3.05) is 39.9 Å². The number of morpholine rings is 1. The van der Waals surface area contributed by atoms with Crippen LogP contribution < -0.4 is 0 Å². The quantitative estimate of drug-likeness (QED) is 0.606. The second-order valence-electron chi connectivity index (χ2n) is 4.46. The van der Waals surface area contributed by atoms with Crippen molar-refractivity contribution in [1.29, 1.82) is 0 Å². The SMILES string of the molecule is CC(C)C(=O)C[N+]1(C)CCOCC1. The van der Waals surface area contributed by atoms with Crippen LogP contribution in [0.3, 0.4) is 0 Å². The Kier molecular flexibility index (Phi) is 3.45. The average molecular weight is 186 g/mol. The molecule has 0 aromatic rings. The van der Waals surface area contributed by atoms with Crippen molar-refractivity contribution in [2.45, 2.75) is 13.8 Å². The smallest absolute Gasteiger partial charge is 0.189 e. The third-order valence-corrected chi connectivity index (χ3v) is 2.73. The Bertz CT molecular complexity index is 183. The fourth-order valence-corrected chi connectivity index (χ4v) is 1.50. The average Bonchev–Trinajstić information content (AvgIpc) is 2.04. The van der Waals surface area contributed by atoms with E-state index in [0.29, 0.717) is 12.3 Å². The van der Waals surface area contributed by atoms with Gasteiger partial charge in [0.25, 0.3) is 0 Å². The number of Topliss-reactive ketones (excluding diaryl/α,β-unsaturated/α-hetero) is 1. The first-order valence-electron chi connectivity index (χ1n) is 4.97. The molecule has 0 N–H and O–H groups in total. The molecule has 13 heavy (non-hydrogen) atoms. The van der Waals surface area contributed by atoms with Gasteiger partial charge in [0.1, 0.15) is 19.6 Å². The van der Waals surface area contributed by atoms with Gasteiger partial charge in [-0.1, -0.05) is 13.8 Å². The molecule has 0 bridgehead atoms. The first kappa shape index (κ1) is 10.7. The normalized spacial score (nSPS) is 21.8. The summed E-state index contributed by atoms with van der Waals surface area (Å²) in [6, 6.07) is 0. The Morgan fingerprint density at radius 2 is 1.92 bits per heavy atom. The maximum atomic E-state index is 11.6. The number of ketones is 1. The van der Waals surface area contributed by atoms with Gasteiger partial charge in [-0.25, -0.2) is 0 Å². The minimum Gasteiger partial charge on any atom is -0.370 e. The van der Waals surface area contributed by atoms with Crippen LogP contribution in [0, 0.1) is 5.92 Å². The summed E-state index contributed by atoms with van der Waals surface area (Å²) in [5, 5.41) is 0. The second kappa shape index (κ2) is 4.20. The van der Waals surface area contributed by atoms with Gasteiger partial charge in [-0.15, -0.1) is 0 Å². The van der Waals surface area contributed by atoms with Crippen LogP contribution in [-0.4, -0.2) is 50.2 Å². The van der Waals surface area contributed by atoms with E-state index >= 15 is 0 Å². The van der Waals surface area contributed by atoms with Gasteiger partial charge < -0.3 is 9.22 Å². The van der Waals surface area contributed by atoms with E-state index in [0.717, 1.165) is 30.8 Å². The molecule has 0 amide bonds. The summed E-state index contributed by atoms with van der Waals surface area (Å²) in [7, 11) is 2.14. The van der Waals surface area contributed by atoms with Gasteiger partial charge in [0.05, 0.1) is 20.3 Å². The summed E-state index contributed by atoms with van der Waals surface area (Å²) < 4.78 is 6.14. The summed E-state index contributed by atoms with van der Waals surface area (Å²) in [5.74, 6) is 0.530. The number of quaternary nitrogens is 1. The molecule has 1 aliphatic rings. The Morgan fingerprint density at radius 1 is 1.38 bits per heavy atom. The fraction of sp³-hybridized carbons (Fsp3) is 0.900. The summed E-state index contributed by atoms with van der Waals surface area (Å²) in [6.07, 6.45) is 0. The second-order valence-corrected chi connectivity index (χ2v) is 4.46. The predicted octanol–water partition coefficient (Wildman–Crippen LogP) is 0.688. The largest absolute Gasteiger partial charge is 0.370 e. The molecule has 1 heterocycles. The lowest BCUT2D eigenvalue weighted by Crippen LogP contribution is -2.54. The number of ether oxygens (including phenoxy) is 1. The zero-order chi connectivity index (χ0) is 9.90. The lowest BCUT2D eigenvalue weighted by atomic mass is 10.1. The van der Waals surface area contributed by atoms with Gasteiger partial charge in [-0.3, -0.25) is 4.79 Å². The highest BCUT2D eigenvalue weighted by Gasteiger charge is 2.28. The van der Waals surface area contributed by atoms with E-state index in [9.17, 15) is 4.79 Å². The van der Waals surface area contributed by atoms with Gasteiger partial charge in [-0.05, 0) is 0 Å². The van der Waals surface area contributed by atoms with Gasteiger partial charge in [-0.2, -0.15) is 0 Å². The molecule has 3 heteroatoms. The van der Waals surface area contributed by atoms with E-state index in [1.807, 2.05) is 13.8 Å². The van der Waals surface area contributed by atoms with Crippen molar-refractivity contribution in [2.24, 2.45) is 5.92 Å². The molecule has 0 saturated carbocycles. The Morgan fingerprint density at radius 3 is 2.38 bits per heavy atom. The molecule has 1 fully saturated rings.